The van der Waals surface area contributed by atoms with Crippen LogP contribution in [0.1, 0.15) is 6.92 Å². The highest BCUT2D eigenvalue weighted by molar-refractivity contribution is 6.81. The molecule has 46 valence electrons. The second kappa shape index (κ2) is 2.79. The highest BCUT2D eigenvalue weighted by Gasteiger charge is 2.15. The minimum atomic E-state index is -1.28. The molecule has 0 saturated carbocycles. The first kappa shape index (κ1) is 7.59. The number of ketones is 1. The van der Waals surface area contributed by atoms with E-state index in [1.54, 1.807) is 0 Å². The number of aliphatic hydroxyl groups excluding tert-OH is 1. The van der Waals surface area contributed by atoms with E-state index < -0.39 is 17.1 Å². The van der Waals surface area contributed by atoms with Crippen LogP contribution in [0.15, 0.2) is 0 Å². The Morgan fingerprint density at radius 2 is 2.00 bits per heavy atom. The number of hydrogen-bond acceptors (Lipinski definition) is 3. The lowest BCUT2D eigenvalue weighted by Crippen LogP contribution is -2.21. The summed E-state index contributed by atoms with van der Waals surface area (Å²) in [4.78, 5) is 20.0. The van der Waals surface area contributed by atoms with Crippen molar-refractivity contribution < 1.29 is 14.7 Å². The van der Waals surface area contributed by atoms with Gasteiger partial charge in [0, 0.05) is 0 Å². The SMILES string of the molecule is CC(O)C(=O)C(=O)Cl. The maximum atomic E-state index is 10.1. The Balaban J connectivity index is 3.84. The quantitative estimate of drug-likeness (QED) is 0.419. The molecule has 3 nitrogen and oxygen atoms in total. The molecule has 0 bridgehead atoms. The van der Waals surface area contributed by atoms with Crippen LogP contribution in [-0.2, 0) is 9.59 Å². The van der Waals surface area contributed by atoms with Gasteiger partial charge in [-0.05, 0) is 18.5 Å². The lowest BCUT2D eigenvalue weighted by molar-refractivity contribution is -0.136. The van der Waals surface area contributed by atoms with E-state index in [4.69, 9.17) is 5.11 Å². The predicted octanol–water partition coefficient (Wildman–Crippen LogP) is -0.298. The van der Waals surface area contributed by atoms with Crippen LogP contribution in [0.2, 0.25) is 0 Å². The maximum Gasteiger partial charge on any atom is 0.290 e. The molecule has 1 N–H and O–H groups in total. The van der Waals surface area contributed by atoms with Gasteiger partial charge < -0.3 is 5.11 Å². The van der Waals surface area contributed by atoms with Crippen LogP contribution in [0.25, 0.3) is 0 Å². The molecule has 4 heteroatoms. The minimum absolute atomic E-state index is 0.966. The second-order valence-electron chi connectivity index (χ2n) is 1.31. The van der Waals surface area contributed by atoms with Crippen LogP contribution in [-0.4, -0.2) is 22.2 Å². The van der Waals surface area contributed by atoms with Crippen molar-refractivity contribution >= 4 is 22.6 Å². The third-order valence-electron chi connectivity index (χ3n) is 0.573. The highest BCUT2D eigenvalue weighted by Crippen LogP contribution is 1.88. The Kier molecular flexibility index (Phi) is 2.65. The molecule has 0 spiro atoms. The fourth-order valence-electron chi connectivity index (χ4n) is 0.164. The molecule has 0 radical (unpaired) electrons. The summed E-state index contributed by atoms with van der Waals surface area (Å²) in [5, 5.41) is 7.21. The second-order valence-corrected chi connectivity index (χ2v) is 1.66. The normalized spacial score (nSPS) is 12.9. The van der Waals surface area contributed by atoms with E-state index in [0.29, 0.717) is 0 Å². The molecule has 0 aromatic heterocycles. The Morgan fingerprint density at radius 3 is 2.00 bits per heavy atom. The van der Waals surface area contributed by atoms with Gasteiger partial charge in [-0.15, -0.1) is 0 Å². The standard InChI is InChI=1S/C4H5ClO3/c1-2(6)3(7)4(5)8/h2,6H,1H3. The summed E-state index contributed by atoms with van der Waals surface area (Å²) in [7, 11) is 0. The van der Waals surface area contributed by atoms with Crippen molar-refractivity contribution in [3.63, 3.8) is 0 Å². The van der Waals surface area contributed by atoms with E-state index in [9.17, 15) is 9.59 Å². The van der Waals surface area contributed by atoms with Crippen LogP contribution in [0.4, 0.5) is 0 Å². The largest absolute Gasteiger partial charge is 0.385 e. The van der Waals surface area contributed by atoms with Gasteiger partial charge in [0.05, 0.1) is 0 Å². The number of aliphatic hydroxyl groups is 1. The zero-order valence-electron chi connectivity index (χ0n) is 4.22. The van der Waals surface area contributed by atoms with Crippen molar-refractivity contribution in [2.45, 2.75) is 13.0 Å². The van der Waals surface area contributed by atoms with E-state index in [1.807, 2.05) is 0 Å². The zero-order valence-corrected chi connectivity index (χ0v) is 4.97. The van der Waals surface area contributed by atoms with Crippen LogP contribution in [0, 0.1) is 0 Å². The number of rotatable bonds is 2. The molecule has 0 heterocycles. The summed E-state index contributed by atoms with van der Waals surface area (Å²) in [6.45, 7) is 1.18. The van der Waals surface area contributed by atoms with E-state index in [1.165, 1.54) is 6.92 Å². The topological polar surface area (TPSA) is 54.4 Å². The molecule has 0 rings (SSSR count). The minimum Gasteiger partial charge on any atom is -0.385 e. The fraction of sp³-hybridized carbons (Fsp3) is 0.500. The van der Waals surface area contributed by atoms with Crippen molar-refractivity contribution in [3.05, 3.63) is 0 Å². The van der Waals surface area contributed by atoms with Gasteiger partial charge in [-0.25, -0.2) is 0 Å². The van der Waals surface area contributed by atoms with Crippen molar-refractivity contribution in [2.24, 2.45) is 0 Å². The molecule has 0 amide bonds. The summed E-state index contributed by atoms with van der Waals surface area (Å²) in [5.74, 6) is -0.966. The predicted molar refractivity (Wildman–Crippen MR) is 27.5 cm³/mol. The Bertz CT molecular complexity index is 118. The molecule has 0 aliphatic heterocycles. The Morgan fingerprint density at radius 1 is 1.62 bits per heavy atom. The molecule has 1 unspecified atom stereocenters. The molecular formula is C4H5ClO3. The first-order valence-corrected chi connectivity index (χ1v) is 2.35. The molecular weight excluding hydrogens is 131 g/mol. The Labute approximate surface area is 51.3 Å². The van der Waals surface area contributed by atoms with Crippen LogP contribution < -0.4 is 0 Å². The number of carbonyl (C=O) groups is 2. The molecule has 0 aromatic rings. The zero-order chi connectivity index (χ0) is 6.73. The van der Waals surface area contributed by atoms with Crippen LogP contribution >= 0.6 is 11.6 Å². The monoisotopic (exact) mass is 136 g/mol. The average Bonchev–Trinajstić information content (AvgIpc) is 1.64. The first-order valence-electron chi connectivity index (χ1n) is 1.97. The lowest BCUT2D eigenvalue weighted by Gasteiger charge is -1.93. The summed E-state index contributed by atoms with van der Waals surface area (Å²) in [5.41, 5.74) is 0. The molecule has 0 saturated heterocycles. The van der Waals surface area contributed by atoms with Gasteiger partial charge >= 0.3 is 0 Å². The third kappa shape index (κ3) is 2.04. The summed E-state index contributed by atoms with van der Waals surface area (Å²) < 4.78 is 0. The summed E-state index contributed by atoms with van der Waals surface area (Å²) >= 11 is 4.67. The van der Waals surface area contributed by atoms with Gasteiger partial charge in [-0.3, -0.25) is 9.59 Å². The molecule has 1 atom stereocenters. The lowest BCUT2D eigenvalue weighted by atomic mass is 10.3. The third-order valence-corrected chi connectivity index (χ3v) is 0.759. The number of hydrogen-bond donors (Lipinski definition) is 1. The Hall–Kier alpha value is -0.410. The van der Waals surface area contributed by atoms with Crippen molar-refractivity contribution in [1.29, 1.82) is 0 Å². The number of halogens is 1. The van der Waals surface area contributed by atoms with Gasteiger partial charge in [0.25, 0.3) is 5.24 Å². The van der Waals surface area contributed by atoms with Gasteiger partial charge in [0.1, 0.15) is 6.10 Å². The van der Waals surface area contributed by atoms with Gasteiger partial charge in [0.2, 0.25) is 5.78 Å². The average molecular weight is 137 g/mol. The van der Waals surface area contributed by atoms with E-state index in [-0.39, 0.29) is 0 Å². The van der Waals surface area contributed by atoms with Gasteiger partial charge in [0.15, 0.2) is 0 Å². The van der Waals surface area contributed by atoms with E-state index >= 15 is 0 Å². The van der Waals surface area contributed by atoms with E-state index in [2.05, 4.69) is 11.6 Å². The summed E-state index contributed by atoms with van der Waals surface area (Å²) in [6.07, 6.45) is -1.28. The van der Waals surface area contributed by atoms with Crippen molar-refractivity contribution in [3.8, 4) is 0 Å². The number of Topliss-reactive ketones (excluding diaryl/α,β-unsaturated/α-hetero) is 1. The molecule has 0 aliphatic rings. The van der Waals surface area contributed by atoms with Crippen LogP contribution in [0.3, 0.4) is 0 Å². The van der Waals surface area contributed by atoms with Crippen LogP contribution in [0.5, 0.6) is 0 Å². The fourth-order valence-corrected chi connectivity index (χ4v) is 0.322. The maximum absolute atomic E-state index is 10.1. The molecule has 0 fully saturated rings. The van der Waals surface area contributed by atoms with E-state index in [0.717, 1.165) is 0 Å². The smallest absolute Gasteiger partial charge is 0.290 e. The number of carbonyl (C=O) groups excluding carboxylic acids is 2. The van der Waals surface area contributed by atoms with Crippen molar-refractivity contribution in [1.82, 2.24) is 0 Å². The highest BCUT2D eigenvalue weighted by atomic mass is 35.5. The molecule has 0 aliphatic carbocycles. The van der Waals surface area contributed by atoms with Gasteiger partial charge in [-0.2, -0.15) is 0 Å². The molecule has 8 heavy (non-hydrogen) atoms. The van der Waals surface area contributed by atoms with Crippen molar-refractivity contribution in [2.75, 3.05) is 0 Å². The molecule has 0 aromatic carbocycles. The van der Waals surface area contributed by atoms with Gasteiger partial charge in [-0.1, -0.05) is 0 Å². The summed E-state index contributed by atoms with van der Waals surface area (Å²) in [6, 6.07) is 0. The first-order chi connectivity index (χ1) is 3.55.